The number of rotatable bonds is 4. The van der Waals surface area contributed by atoms with Crippen LogP contribution in [0, 0.1) is 11.6 Å². The zero-order valence-corrected chi connectivity index (χ0v) is 13.0. The van der Waals surface area contributed by atoms with Gasteiger partial charge in [-0.2, -0.15) is 0 Å². The molecule has 0 amide bonds. The summed E-state index contributed by atoms with van der Waals surface area (Å²) in [6, 6.07) is 2.25. The maximum Gasteiger partial charge on any atom is 0.160 e. The monoisotopic (exact) mass is 289 g/mol. The van der Waals surface area contributed by atoms with Crippen LogP contribution in [0.4, 0.5) is 8.78 Å². The summed E-state index contributed by atoms with van der Waals surface area (Å²) in [6.07, 6.45) is 0.787. The van der Waals surface area contributed by atoms with E-state index in [0.29, 0.717) is 5.56 Å². The predicted octanol–water partition coefficient (Wildman–Crippen LogP) is 4.67. The van der Waals surface area contributed by atoms with Crippen molar-refractivity contribution in [3.8, 4) is 0 Å². The third kappa shape index (κ3) is 4.73. The van der Waals surface area contributed by atoms with Crippen molar-refractivity contribution in [1.82, 2.24) is 5.32 Å². The van der Waals surface area contributed by atoms with Crippen LogP contribution in [0.1, 0.15) is 46.6 Å². The van der Waals surface area contributed by atoms with Crippen molar-refractivity contribution in [2.45, 2.75) is 52.0 Å². The van der Waals surface area contributed by atoms with E-state index in [2.05, 4.69) is 26.1 Å². The van der Waals surface area contributed by atoms with Gasteiger partial charge in [-0.3, -0.25) is 0 Å². The van der Waals surface area contributed by atoms with Gasteiger partial charge in [0.1, 0.15) is 0 Å². The molecule has 4 heteroatoms. The Morgan fingerprint density at radius 2 is 1.58 bits per heavy atom. The lowest BCUT2D eigenvalue weighted by Gasteiger charge is -2.29. The molecule has 0 saturated carbocycles. The molecular weight excluding hydrogens is 268 g/mol. The lowest BCUT2D eigenvalue weighted by Crippen LogP contribution is -2.38. The summed E-state index contributed by atoms with van der Waals surface area (Å²) in [6.45, 7) is 11.0. The minimum atomic E-state index is -0.905. The van der Waals surface area contributed by atoms with E-state index in [1.807, 2.05) is 13.8 Å². The summed E-state index contributed by atoms with van der Waals surface area (Å²) in [5.74, 6) is -1.76. The lowest BCUT2D eigenvalue weighted by molar-refractivity contribution is 0.378. The van der Waals surface area contributed by atoms with Gasteiger partial charge >= 0.3 is 0 Å². The summed E-state index contributed by atoms with van der Waals surface area (Å²) in [7, 11) is 0. The van der Waals surface area contributed by atoms with Crippen LogP contribution in [0.3, 0.4) is 0 Å². The summed E-state index contributed by atoms with van der Waals surface area (Å²) < 4.78 is 26.4. The number of benzene rings is 1. The van der Waals surface area contributed by atoms with Gasteiger partial charge in [-0.05, 0) is 56.8 Å². The molecule has 0 heterocycles. The average Bonchev–Trinajstić information content (AvgIpc) is 2.20. The van der Waals surface area contributed by atoms with Gasteiger partial charge in [0.15, 0.2) is 11.6 Å². The highest BCUT2D eigenvalue weighted by molar-refractivity contribution is 6.31. The van der Waals surface area contributed by atoms with E-state index in [1.165, 1.54) is 6.07 Å². The molecule has 0 aromatic heterocycles. The Balaban J connectivity index is 2.85. The standard InChI is InChI=1S/C15H22ClF2N/c1-14(2,3)19-7-6-15(4,5)10-8-12(17)13(18)9-11(10)16/h8-9,19H,6-7H2,1-5H3. The molecule has 1 nitrogen and oxygen atoms in total. The van der Waals surface area contributed by atoms with Crippen molar-refractivity contribution in [2.24, 2.45) is 0 Å². The molecule has 0 aliphatic heterocycles. The third-order valence-corrected chi connectivity index (χ3v) is 3.46. The summed E-state index contributed by atoms with van der Waals surface area (Å²) >= 11 is 6.03. The Hall–Kier alpha value is -0.670. The average molecular weight is 290 g/mol. The molecule has 0 fully saturated rings. The Bertz CT molecular complexity index is 450. The molecule has 0 unspecified atom stereocenters. The largest absolute Gasteiger partial charge is 0.312 e. The first kappa shape index (κ1) is 16.4. The number of hydrogen-bond acceptors (Lipinski definition) is 1. The van der Waals surface area contributed by atoms with Crippen molar-refractivity contribution in [3.63, 3.8) is 0 Å². The zero-order chi connectivity index (χ0) is 14.8. The molecule has 19 heavy (non-hydrogen) atoms. The third-order valence-electron chi connectivity index (χ3n) is 3.14. The van der Waals surface area contributed by atoms with E-state index in [-0.39, 0.29) is 16.0 Å². The predicted molar refractivity (Wildman–Crippen MR) is 76.8 cm³/mol. The maximum absolute atomic E-state index is 13.4. The van der Waals surface area contributed by atoms with Crippen LogP contribution in [-0.4, -0.2) is 12.1 Å². The van der Waals surface area contributed by atoms with Crippen LogP contribution < -0.4 is 5.32 Å². The SMILES string of the molecule is CC(C)(C)NCCC(C)(C)c1cc(F)c(F)cc1Cl. The van der Waals surface area contributed by atoms with Crippen LogP contribution in [0.5, 0.6) is 0 Å². The molecule has 0 spiro atoms. The molecule has 1 aromatic rings. The fraction of sp³-hybridized carbons (Fsp3) is 0.600. The van der Waals surface area contributed by atoms with Gasteiger partial charge in [0.25, 0.3) is 0 Å². The fourth-order valence-corrected chi connectivity index (χ4v) is 2.33. The van der Waals surface area contributed by atoms with Crippen LogP contribution >= 0.6 is 11.6 Å². The fourth-order valence-electron chi connectivity index (χ4n) is 1.93. The Morgan fingerprint density at radius 3 is 2.11 bits per heavy atom. The van der Waals surface area contributed by atoms with Crippen molar-refractivity contribution >= 4 is 11.6 Å². The van der Waals surface area contributed by atoms with Gasteiger partial charge < -0.3 is 5.32 Å². The molecule has 0 atom stereocenters. The van der Waals surface area contributed by atoms with Crippen molar-refractivity contribution < 1.29 is 8.78 Å². The first-order valence-corrected chi connectivity index (χ1v) is 6.81. The summed E-state index contributed by atoms with van der Waals surface area (Å²) in [5, 5.41) is 3.66. The van der Waals surface area contributed by atoms with Crippen molar-refractivity contribution in [1.29, 1.82) is 0 Å². The molecule has 1 N–H and O–H groups in total. The summed E-state index contributed by atoms with van der Waals surface area (Å²) in [5.41, 5.74) is 0.362. The molecule has 0 radical (unpaired) electrons. The molecule has 0 aliphatic rings. The second-order valence-corrected chi connectivity index (χ2v) is 6.96. The lowest BCUT2D eigenvalue weighted by atomic mass is 9.81. The number of halogens is 3. The van der Waals surface area contributed by atoms with E-state index >= 15 is 0 Å². The van der Waals surface area contributed by atoms with Crippen LogP contribution in [0.2, 0.25) is 5.02 Å². The maximum atomic E-state index is 13.4. The van der Waals surface area contributed by atoms with Crippen LogP contribution in [-0.2, 0) is 5.41 Å². The van der Waals surface area contributed by atoms with Gasteiger partial charge in [0.05, 0.1) is 0 Å². The van der Waals surface area contributed by atoms with Crippen LogP contribution in [0.25, 0.3) is 0 Å². The van der Waals surface area contributed by atoms with E-state index in [9.17, 15) is 8.78 Å². The second-order valence-electron chi connectivity index (χ2n) is 6.56. The first-order chi connectivity index (χ1) is 8.53. The van der Waals surface area contributed by atoms with Gasteiger partial charge in [0, 0.05) is 10.6 Å². The molecule has 1 aromatic carbocycles. The van der Waals surface area contributed by atoms with E-state index < -0.39 is 11.6 Å². The van der Waals surface area contributed by atoms with Gasteiger partial charge in [-0.1, -0.05) is 25.4 Å². The van der Waals surface area contributed by atoms with E-state index in [4.69, 9.17) is 11.6 Å². The van der Waals surface area contributed by atoms with Crippen molar-refractivity contribution in [3.05, 3.63) is 34.4 Å². The molecule has 0 aliphatic carbocycles. The molecular formula is C15H22ClF2N. The molecule has 0 saturated heterocycles. The minimum Gasteiger partial charge on any atom is -0.312 e. The molecule has 108 valence electrons. The van der Waals surface area contributed by atoms with E-state index in [0.717, 1.165) is 19.0 Å². The first-order valence-electron chi connectivity index (χ1n) is 6.43. The number of nitrogens with one attached hydrogen (secondary N) is 1. The zero-order valence-electron chi connectivity index (χ0n) is 12.2. The Morgan fingerprint density at radius 1 is 1.05 bits per heavy atom. The highest BCUT2D eigenvalue weighted by Gasteiger charge is 2.25. The highest BCUT2D eigenvalue weighted by atomic mass is 35.5. The topological polar surface area (TPSA) is 12.0 Å². The Labute approximate surface area is 119 Å². The second kappa shape index (κ2) is 5.76. The van der Waals surface area contributed by atoms with Gasteiger partial charge in [-0.25, -0.2) is 8.78 Å². The summed E-state index contributed by atoms with van der Waals surface area (Å²) in [4.78, 5) is 0. The van der Waals surface area contributed by atoms with Gasteiger partial charge in [-0.15, -0.1) is 0 Å². The Kier molecular flexibility index (Phi) is 4.97. The molecule has 0 bridgehead atoms. The normalized spacial score (nSPS) is 12.8. The highest BCUT2D eigenvalue weighted by Crippen LogP contribution is 2.33. The van der Waals surface area contributed by atoms with E-state index in [1.54, 1.807) is 0 Å². The minimum absolute atomic E-state index is 0.0356. The smallest absolute Gasteiger partial charge is 0.160 e. The quantitative estimate of drug-likeness (QED) is 0.794. The van der Waals surface area contributed by atoms with Crippen LogP contribution in [0.15, 0.2) is 12.1 Å². The van der Waals surface area contributed by atoms with Crippen molar-refractivity contribution in [2.75, 3.05) is 6.54 Å². The number of hydrogen-bond donors (Lipinski definition) is 1. The van der Waals surface area contributed by atoms with Gasteiger partial charge in [0.2, 0.25) is 0 Å². The molecule has 1 rings (SSSR count).